The maximum Gasteiger partial charge on any atom is 0.310 e. The number of hydrogen-bond donors (Lipinski definition) is 0. The molecule has 0 N–H and O–H groups in total. The van der Waals surface area contributed by atoms with Gasteiger partial charge in [-0.25, -0.2) is 4.98 Å². The second kappa shape index (κ2) is 6.92. The van der Waals surface area contributed by atoms with Gasteiger partial charge >= 0.3 is 5.97 Å². The first kappa shape index (κ1) is 19.1. The van der Waals surface area contributed by atoms with Gasteiger partial charge in [0.25, 0.3) is 0 Å². The van der Waals surface area contributed by atoms with Gasteiger partial charge in [-0.3, -0.25) is 9.69 Å². The molecule has 0 unspecified atom stereocenters. The van der Waals surface area contributed by atoms with Crippen LogP contribution in [0.2, 0.25) is 0 Å². The normalized spacial score (nSPS) is 43.2. The summed E-state index contributed by atoms with van der Waals surface area (Å²) in [4.78, 5) is 22.2. The molecule has 6 atom stereocenters. The first-order valence-corrected chi connectivity index (χ1v) is 11.8. The van der Waals surface area contributed by atoms with E-state index in [0.29, 0.717) is 11.8 Å². The zero-order valence-electron chi connectivity index (χ0n) is 18.0. The van der Waals surface area contributed by atoms with E-state index in [1.807, 2.05) is 18.3 Å². The second-order valence-corrected chi connectivity index (χ2v) is 10.6. The quantitative estimate of drug-likeness (QED) is 0.563. The maximum absolute atomic E-state index is 12.9. The van der Waals surface area contributed by atoms with Crippen LogP contribution in [-0.4, -0.2) is 66.9 Å². The van der Waals surface area contributed by atoms with Gasteiger partial charge in [0.05, 0.1) is 18.1 Å². The molecule has 0 bridgehead atoms. The number of carbonyl (C=O) groups excluding carboxylic acids is 1. The Balaban J connectivity index is 1.12. The standard InChI is InChI=1S/C24H33N3O3/c1-23-6-4-7-24(16-29-24)20(23)13-17-18(22(28)30-19(17)14-23)15-26-9-11-27(12-10-26)21-5-2-3-8-25-21/h2-3,5,8,17-20H,4,6-7,9-16H2,1H3/t17-,18-,19-,20+,23-,24-/m1/s1. The summed E-state index contributed by atoms with van der Waals surface area (Å²) in [6.45, 7) is 8.08. The van der Waals surface area contributed by atoms with E-state index in [2.05, 4.69) is 27.8 Å². The van der Waals surface area contributed by atoms with Crippen LogP contribution in [0.25, 0.3) is 0 Å². The fourth-order valence-corrected chi connectivity index (χ4v) is 7.14. The number of epoxide rings is 1. The lowest BCUT2D eigenvalue weighted by Gasteiger charge is -2.51. The number of aromatic nitrogens is 1. The van der Waals surface area contributed by atoms with Gasteiger partial charge in [0.15, 0.2) is 0 Å². The van der Waals surface area contributed by atoms with Gasteiger partial charge in [0.2, 0.25) is 0 Å². The Morgan fingerprint density at radius 2 is 2.03 bits per heavy atom. The van der Waals surface area contributed by atoms with Crippen molar-refractivity contribution in [2.75, 3.05) is 44.2 Å². The minimum absolute atomic E-state index is 0.0266. The highest BCUT2D eigenvalue weighted by Gasteiger charge is 2.65. The summed E-state index contributed by atoms with van der Waals surface area (Å²) >= 11 is 0. The van der Waals surface area contributed by atoms with Gasteiger partial charge < -0.3 is 14.4 Å². The first-order chi connectivity index (χ1) is 14.6. The van der Waals surface area contributed by atoms with Crippen molar-refractivity contribution in [3.05, 3.63) is 24.4 Å². The van der Waals surface area contributed by atoms with Crippen LogP contribution in [0.4, 0.5) is 5.82 Å². The zero-order chi connectivity index (χ0) is 20.3. The Morgan fingerprint density at radius 3 is 2.77 bits per heavy atom. The molecule has 4 heterocycles. The SMILES string of the molecule is C[C@]12CCC[C@@]3(CO3)[C@H]1C[C@H]1[C@@H](C2)OC(=O)[C@@H]1CN1CCN(c2ccccn2)CC1. The van der Waals surface area contributed by atoms with Crippen molar-refractivity contribution in [2.24, 2.45) is 23.2 Å². The number of rotatable bonds is 3. The number of anilines is 1. The van der Waals surface area contributed by atoms with Crippen LogP contribution in [0.1, 0.15) is 39.0 Å². The summed E-state index contributed by atoms with van der Waals surface area (Å²) in [7, 11) is 0. The number of esters is 1. The first-order valence-electron chi connectivity index (χ1n) is 11.8. The van der Waals surface area contributed by atoms with Gasteiger partial charge in [-0.1, -0.05) is 13.0 Å². The summed E-state index contributed by atoms with van der Waals surface area (Å²) in [5.41, 5.74) is 0.405. The maximum atomic E-state index is 12.9. The van der Waals surface area contributed by atoms with Crippen LogP contribution in [0.5, 0.6) is 0 Å². The highest BCUT2D eigenvalue weighted by Crippen LogP contribution is 2.62. The summed E-state index contributed by atoms with van der Waals surface area (Å²) in [6.07, 6.45) is 7.82. The van der Waals surface area contributed by atoms with Crippen molar-refractivity contribution >= 4 is 11.8 Å². The van der Waals surface area contributed by atoms with Crippen LogP contribution in [-0.2, 0) is 14.3 Å². The van der Waals surface area contributed by atoms with Crippen molar-refractivity contribution in [1.82, 2.24) is 9.88 Å². The van der Waals surface area contributed by atoms with Crippen molar-refractivity contribution in [1.29, 1.82) is 0 Å². The van der Waals surface area contributed by atoms with Gasteiger partial charge in [-0.2, -0.15) is 0 Å². The fourth-order valence-electron chi connectivity index (χ4n) is 7.14. The minimum Gasteiger partial charge on any atom is -0.462 e. The summed E-state index contributed by atoms with van der Waals surface area (Å²) < 4.78 is 12.0. The Morgan fingerprint density at radius 1 is 1.20 bits per heavy atom. The van der Waals surface area contributed by atoms with E-state index in [9.17, 15) is 4.79 Å². The smallest absolute Gasteiger partial charge is 0.310 e. The summed E-state index contributed by atoms with van der Waals surface area (Å²) in [5, 5.41) is 0. The predicted molar refractivity (Wildman–Crippen MR) is 113 cm³/mol. The highest BCUT2D eigenvalue weighted by atomic mass is 16.6. The Bertz CT molecular complexity index is 805. The van der Waals surface area contributed by atoms with Gasteiger partial charge in [-0.15, -0.1) is 0 Å². The predicted octanol–water partition coefficient (Wildman–Crippen LogP) is 2.73. The third-order valence-corrected chi connectivity index (χ3v) is 8.88. The molecule has 1 spiro atoms. The lowest BCUT2D eigenvalue weighted by molar-refractivity contribution is -0.147. The number of hydrogen-bond acceptors (Lipinski definition) is 6. The molecule has 2 aliphatic carbocycles. The topological polar surface area (TPSA) is 58.2 Å². The number of nitrogens with zero attached hydrogens (tertiary/aromatic N) is 3. The van der Waals surface area contributed by atoms with Crippen LogP contribution in [0.15, 0.2) is 24.4 Å². The van der Waals surface area contributed by atoms with Gasteiger partial charge in [-0.05, 0) is 55.6 Å². The lowest BCUT2D eigenvalue weighted by Crippen LogP contribution is -2.52. The van der Waals surface area contributed by atoms with Crippen LogP contribution < -0.4 is 4.90 Å². The molecule has 162 valence electrons. The van der Waals surface area contributed by atoms with Gasteiger partial charge in [0, 0.05) is 44.8 Å². The van der Waals surface area contributed by atoms with E-state index in [1.54, 1.807) is 0 Å². The molecule has 5 aliphatic rings. The van der Waals surface area contributed by atoms with Crippen LogP contribution >= 0.6 is 0 Å². The largest absolute Gasteiger partial charge is 0.462 e. The van der Waals surface area contributed by atoms with Crippen molar-refractivity contribution < 1.29 is 14.3 Å². The third kappa shape index (κ3) is 3.06. The summed E-state index contributed by atoms with van der Waals surface area (Å²) in [5.74, 6) is 2.08. The van der Waals surface area contributed by atoms with Crippen molar-refractivity contribution in [2.45, 2.75) is 50.7 Å². The molecule has 30 heavy (non-hydrogen) atoms. The molecule has 6 rings (SSSR count). The zero-order valence-corrected chi connectivity index (χ0v) is 18.0. The molecule has 0 aromatic carbocycles. The number of fused-ring (bicyclic) bond motifs is 3. The highest BCUT2D eigenvalue weighted by molar-refractivity contribution is 5.75. The molecular weight excluding hydrogens is 378 g/mol. The Labute approximate surface area is 178 Å². The van der Waals surface area contributed by atoms with Crippen LogP contribution in [0, 0.1) is 23.2 Å². The van der Waals surface area contributed by atoms with E-state index in [1.165, 1.54) is 19.3 Å². The number of carbonyl (C=O) groups is 1. The van der Waals surface area contributed by atoms with Crippen molar-refractivity contribution in [3.63, 3.8) is 0 Å². The molecule has 5 fully saturated rings. The molecule has 6 nitrogen and oxygen atoms in total. The molecule has 2 saturated carbocycles. The molecule has 0 amide bonds. The van der Waals surface area contributed by atoms with E-state index >= 15 is 0 Å². The fraction of sp³-hybridized carbons (Fsp3) is 0.750. The average Bonchev–Trinajstić information content (AvgIpc) is 3.46. The Hall–Kier alpha value is -1.66. The number of piperazine rings is 1. The molecule has 1 aromatic rings. The third-order valence-electron chi connectivity index (χ3n) is 8.88. The van der Waals surface area contributed by atoms with E-state index < -0.39 is 0 Å². The van der Waals surface area contributed by atoms with E-state index in [-0.39, 0.29) is 29.0 Å². The van der Waals surface area contributed by atoms with Crippen LogP contribution in [0.3, 0.4) is 0 Å². The van der Waals surface area contributed by atoms with Gasteiger partial charge in [0.1, 0.15) is 11.9 Å². The molecule has 3 saturated heterocycles. The monoisotopic (exact) mass is 411 g/mol. The summed E-state index contributed by atoms with van der Waals surface area (Å²) in [6, 6.07) is 6.08. The van der Waals surface area contributed by atoms with Crippen molar-refractivity contribution in [3.8, 4) is 0 Å². The molecule has 0 radical (unpaired) electrons. The molecular formula is C24H33N3O3. The van der Waals surface area contributed by atoms with E-state index in [4.69, 9.17) is 9.47 Å². The molecule has 6 heteroatoms. The number of pyridine rings is 1. The molecule has 3 aliphatic heterocycles. The molecule has 1 aromatic heterocycles. The average molecular weight is 412 g/mol. The second-order valence-electron chi connectivity index (χ2n) is 10.6. The number of ether oxygens (including phenoxy) is 2. The van der Waals surface area contributed by atoms with E-state index in [0.717, 1.165) is 58.0 Å². The lowest BCUT2D eigenvalue weighted by atomic mass is 9.53. The Kier molecular flexibility index (Phi) is 4.40. The minimum atomic E-state index is 0.0266.